The number of rotatable bonds is 15. The molecule has 0 amide bonds. The van der Waals surface area contributed by atoms with Gasteiger partial charge in [0.05, 0.1) is 27.9 Å². The van der Waals surface area contributed by atoms with Crippen LogP contribution >= 0.6 is 0 Å². The number of sulfone groups is 1. The molecule has 0 bridgehead atoms. The van der Waals surface area contributed by atoms with Gasteiger partial charge in [0, 0.05) is 11.8 Å². The normalized spacial score (nSPS) is 13.2. The van der Waals surface area contributed by atoms with Crippen LogP contribution in [0.2, 0.25) is 0 Å². The highest BCUT2D eigenvalue weighted by Gasteiger charge is 2.21. The summed E-state index contributed by atoms with van der Waals surface area (Å²) in [7, 11) is -3.51. The zero-order valence-corrected chi connectivity index (χ0v) is 21.4. The molecule has 39 heavy (non-hydrogen) atoms. The van der Waals surface area contributed by atoms with E-state index in [9.17, 15) is 23.1 Å². The van der Waals surface area contributed by atoms with Crippen LogP contribution < -0.4 is 0 Å². The van der Waals surface area contributed by atoms with Crippen LogP contribution in [0.15, 0.2) is 59.5 Å². The van der Waals surface area contributed by atoms with Crippen molar-refractivity contribution in [1.82, 2.24) is 10.8 Å². The molecule has 0 aliphatic heterocycles. The number of carbonyl (C=O) groups is 2. The molecular formula is C23H28N2O13S. The number of aliphatic carboxylic acids is 1. The molecule has 0 saturated heterocycles. The van der Waals surface area contributed by atoms with Crippen LogP contribution in [0.5, 0.6) is 0 Å². The lowest BCUT2D eigenvalue weighted by Crippen LogP contribution is -2.31. The first-order chi connectivity index (χ1) is 18.4. The monoisotopic (exact) mass is 572 g/mol. The van der Waals surface area contributed by atoms with Crippen LogP contribution in [0.4, 0.5) is 4.79 Å². The number of hydrogen-bond donors (Lipinski definition) is 5. The molecule has 1 atom stereocenters. The summed E-state index contributed by atoms with van der Waals surface area (Å²) < 4.78 is 33.7. The molecule has 15 nitrogen and oxygen atoms in total. The molecule has 0 fully saturated rings. The Kier molecular flexibility index (Phi) is 12.4. The molecule has 0 radical (unpaired) electrons. The molecule has 2 aromatic carbocycles. The average molecular weight is 573 g/mol. The van der Waals surface area contributed by atoms with E-state index in [1.807, 2.05) is 0 Å². The van der Waals surface area contributed by atoms with Crippen LogP contribution in [0.25, 0.3) is 11.1 Å². The minimum absolute atomic E-state index is 0.00769. The number of carboxylic acids is 1. The third-order valence-electron chi connectivity index (χ3n) is 5.05. The van der Waals surface area contributed by atoms with Gasteiger partial charge in [-0.05, 0) is 36.1 Å². The molecule has 5 N–H and O–H groups in total. The van der Waals surface area contributed by atoms with Gasteiger partial charge in [0.1, 0.15) is 19.3 Å². The Morgan fingerprint density at radius 3 is 2.08 bits per heavy atom. The van der Waals surface area contributed by atoms with Crippen molar-refractivity contribution in [2.24, 2.45) is 0 Å². The van der Waals surface area contributed by atoms with Gasteiger partial charge in [0.15, 0.2) is 9.84 Å². The summed E-state index contributed by atoms with van der Waals surface area (Å²) in [6.07, 6.45) is -1.09. The predicted octanol–water partition coefficient (Wildman–Crippen LogP) is 2.41. The minimum Gasteiger partial charge on any atom is -0.478 e. The van der Waals surface area contributed by atoms with E-state index in [0.717, 1.165) is 6.26 Å². The Balaban J connectivity index is 2.14. The van der Waals surface area contributed by atoms with Crippen molar-refractivity contribution in [2.45, 2.75) is 23.8 Å². The van der Waals surface area contributed by atoms with Gasteiger partial charge in [-0.15, -0.1) is 0 Å². The summed E-state index contributed by atoms with van der Waals surface area (Å²) >= 11 is 0. The Morgan fingerprint density at radius 2 is 1.54 bits per heavy atom. The molecule has 2 rings (SSSR count). The number of nitrogens with zero attached hydrogens (tertiary/aromatic N) is 2. The molecule has 0 spiro atoms. The average Bonchev–Trinajstić information content (AvgIpc) is 2.87. The summed E-state index contributed by atoms with van der Waals surface area (Å²) in [5.41, 5.74) is 0.536. The number of ether oxygens (including phenoxy) is 2. The molecule has 1 unspecified atom stereocenters. The highest BCUT2D eigenvalue weighted by atomic mass is 32.2. The van der Waals surface area contributed by atoms with Gasteiger partial charge in [-0.1, -0.05) is 42.5 Å². The van der Waals surface area contributed by atoms with E-state index in [1.165, 1.54) is 24.3 Å². The highest BCUT2D eigenvalue weighted by Crippen LogP contribution is 2.28. The summed E-state index contributed by atoms with van der Waals surface area (Å²) in [4.78, 5) is 33.4. The standard InChI is InChI=1S/C23H28N2O13S/c1-39(33,34)19-11-9-16(10-12-19)20(21(22(26)27)17-6-3-2-4-7-17)15-36-23(28)35-13-5-8-18(38-25(31)32)14-37-24(29)30/h2-4,6-7,9-12,18,29-32H,5,8,13-15H2,1H3,(H,26,27)/b21-20+. The van der Waals surface area contributed by atoms with Crippen molar-refractivity contribution in [3.8, 4) is 0 Å². The van der Waals surface area contributed by atoms with E-state index in [1.54, 1.807) is 30.3 Å². The van der Waals surface area contributed by atoms with Gasteiger partial charge in [-0.25, -0.2) is 27.7 Å². The van der Waals surface area contributed by atoms with Gasteiger partial charge in [0.25, 0.3) is 0 Å². The third kappa shape index (κ3) is 11.1. The fraction of sp³-hybridized carbons (Fsp3) is 0.304. The molecule has 0 aromatic heterocycles. The van der Waals surface area contributed by atoms with Crippen LogP contribution in [0.1, 0.15) is 24.0 Å². The Labute approximate surface area is 222 Å². The Hall–Kier alpha value is -3.45. The summed E-state index contributed by atoms with van der Waals surface area (Å²) in [5, 5.41) is 43.5. The van der Waals surface area contributed by atoms with Gasteiger partial charge < -0.3 is 14.6 Å². The van der Waals surface area contributed by atoms with Crippen LogP contribution in [0.3, 0.4) is 0 Å². The smallest absolute Gasteiger partial charge is 0.478 e. The van der Waals surface area contributed by atoms with Crippen LogP contribution in [-0.4, -0.2) is 89.4 Å². The molecule has 0 aliphatic rings. The number of benzene rings is 2. The van der Waals surface area contributed by atoms with Gasteiger partial charge in [-0.2, -0.15) is 0 Å². The number of hydrogen-bond acceptors (Lipinski definition) is 14. The van der Waals surface area contributed by atoms with Crippen molar-refractivity contribution in [3.63, 3.8) is 0 Å². The first kappa shape index (κ1) is 31.8. The Bertz CT molecular complexity index is 1220. The quantitative estimate of drug-likeness (QED) is 0.0681. The first-order valence-corrected chi connectivity index (χ1v) is 13.0. The summed E-state index contributed by atoms with van der Waals surface area (Å²) in [5.74, 6) is -1.31. The predicted molar refractivity (Wildman–Crippen MR) is 129 cm³/mol. The second kappa shape index (κ2) is 15.2. The van der Waals surface area contributed by atoms with Crippen molar-refractivity contribution in [3.05, 3.63) is 65.7 Å². The molecule has 16 heteroatoms. The van der Waals surface area contributed by atoms with E-state index in [2.05, 4.69) is 9.68 Å². The third-order valence-corrected chi connectivity index (χ3v) is 6.18. The highest BCUT2D eigenvalue weighted by molar-refractivity contribution is 7.90. The molecular weight excluding hydrogens is 544 g/mol. The Morgan fingerprint density at radius 1 is 0.897 bits per heavy atom. The van der Waals surface area contributed by atoms with E-state index in [0.29, 0.717) is 11.1 Å². The number of carboxylic acid groups (broad SMARTS) is 1. The lowest BCUT2D eigenvalue weighted by atomic mass is 9.95. The zero-order valence-electron chi connectivity index (χ0n) is 20.6. The number of carbonyl (C=O) groups excluding carboxylic acids is 1. The van der Waals surface area contributed by atoms with E-state index >= 15 is 0 Å². The van der Waals surface area contributed by atoms with Crippen LogP contribution in [0, 0.1) is 0 Å². The van der Waals surface area contributed by atoms with E-state index in [-0.39, 0.29) is 35.5 Å². The first-order valence-electron chi connectivity index (χ1n) is 11.2. The SMILES string of the molecule is CS(=O)(=O)c1ccc(/C(COC(=O)OCCCC(CON(O)O)ON(O)O)=C(/C(=O)O)c2ccccc2)cc1. The second-order valence-corrected chi connectivity index (χ2v) is 9.90. The summed E-state index contributed by atoms with van der Waals surface area (Å²) in [6.45, 7) is -1.26. The maximum absolute atomic E-state index is 12.2. The van der Waals surface area contributed by atoms with Gasteiger partial charge in [-0.3, -0.25) is 20.8 Å². The lowest BCUT2D eigenvalue weighted by Gasteiger charge is -2.19. The fourth-order valence-electron chi connectivity index (χ4n) is 3.32. The largest absolute Gasteiger partial charge is 0.508 e. The molecule has 214 valence electrons. The molecule has 0 heterocycles. The minimum atomic E-state index is -3.51. The maximum Gasteiger partial charge on any atom is 0.508 e. The molecule has 0 aliphatic carbocycles. The summed E-state index contributed by atoms with van der Waals surface area (Å²) in [6, 6.07) is 13.5. The zero-order chi connectivity index (χ0) is 29.0. The van der Waals surface area contributed by atoms with Crippen molar-refractivity contribution >= 4 is 33.1 Å². The second-order valence-electron chi connectivity index (χ2n) is 7.88. The van der Waals surface area contributed by atoms with Gasteiger partial charge >= 0.3 is 12.1 Å². The van der Waals surface area contributed by atoms with Crippen molar-refractivity contribution in [2.75, 3.05) is 26.1 Å². The molecule has 0 saturated carbocycles. The van der Waals surface area contributed by atoms with E-state index < -0.39 is 52.1 Å². The lowest BCUT2D eigenvalue weighted by molar-refractivity contribution is -0.527. The van der Waals surface area contributed by atoms with Crippen molar-refractivity contribution < 1.29 is 63.1 Å². The fourth-order valence-corrected chi connectivity index (χ4v) is 3.95. The van der Waals surface area contributed by atoms with Gasteiger partial charge in [0.2, 0.25) is 0 Å². The maximum atomic E-state index is 12.2. The van der Waals surface area contributed by atoms with Crippen LogP contribution in [-0.2, 0) is 33.8 Å². The topological polar surface area (TPSA) is 213 Å². The molecule has 2 aromatic rings. The van der Waals surface area contributed by atoms with Crippen molar-refractivity contribution in [1.29, 1.82) is 0 Å². The van der Waals surface area contributed by atoms with E-state index in [4.69, 9.17) is 30.3 Å².